The van der Waals surface area contributed by atoms with Gasteiger partial charge in [0, 0.05) is 24.9 Å². The molecule has 0 saturated carbocycles. The second-order valence-corrected chi connectivity index (χ2v) is 6.54. The molecule has 0 bridgehead atoms. The molecular weight excluding hydrogens is 280 g/mol. The summed E-state index contributed by atoms with van der Waals surface area (Å²) in [7, 11) is 0. The molecule has 0 aliphatic carbocycles. The number of nitrogens with one attached hydrogen (secondary N) is 1. The Morgan fingerprint density at radius 1 is 1.53 bits per heavy atom. The first kappa shape index (κ1) is 14.5. The van der Waals surface area contributed by atoms with E-state index in [2.05, 4.69) is 29.0 Å². The number of carbonyl (C=O) groups excluding carboxylic acids is 1. The van der Waals surface area contributed by atoms with Gasteiger partial charge in [-0.1, -0.05) is 11.3 Å². The summed E-state index contributed by atoms with van der Waals surface area (Å²) in [5.74, 6) is 2.37. The maximum Gasteiger partial charge on any atom is 0.265 e. The lowest BCUT2D eigenvalue weighted by Gasteiger charge is -2.16. The molecule has 1 fully saturated rings. The van der Waals surface area contributed by atoms with Crippen LogP contribution in [-0.4, -0.2) is 41.5 Å². The number of aromatic nitrogens is 1. The average molecular weight is 300 g/mol. The number of hydrogen-bond acceptors (Lipinski definition) is 6. The predicted octanol–water partition coefficient (Wildman–Crippen LogP) is 1.81. The smallest absolute Gasteiger partial charge is 0.265 e. The van der Waals surface area contributed by atoms with Gasteiger partial charge in [0.2, 0.25) is 0 Å². The molecular formula is C12H20N4OS2. The van der Waals surface area contributed by atoms with Crippen molar-refractivity contribution < 1.29 is 4.79 Å². The molecule has 19 heavy (non-hydrogen) atoms. The van der Waals surface area contributed by atoms with Gasteiger partial charge in [-0.15, -0.1) is 0 Å². The number of anilines is 2. The highest BCUT2D eigenvalue weighted by Gasteiger charge is 2.23. The molecule has 1 aromatic rings. The van der Waals surface area contributed by atoms with Gasteiger partial charge in [-0.25, -0.2) is 4.98 Å². The number of nitrogens with zero attached hydrogens (tertiary/aromatic N) is 2. The zero-order valence-electron chi connectivity index (χ0n) is 11.3. The van der Waals surface area contributed by atoms with Gasteiger partial charge in [0.15, 0.2) is 5.13 Å². The molecule has 106 valence electrons. The summed E-state index contributed by atoms with van der Waals surface area (Å²) in [6.45, 7) is 5.86. The molecule has 1 aliphatic rings. The third-order valence-electron chi connectivity index (χ3n) is 3.15. The largest absolute Gasteiger partial charge is 0.382 e. The van der Waals surface area contributed by atoms with Crippen LogP contribution >= 0.6 is 23.1 Å². The first-order valence-electron chi connectivity index (χ1n) is 6.55. The van der Waals surface area contributed by atoms with E-state index in [4.69, 9.17) is 5.73 Å². The number of nitrogens with two attached hydrogens (primary N) is 1. The Morgan fingerprint density at radius 2 is 2.26 bits per heavy atom. The molecule has 2 heterocycles. The molecule has 0 spiro atoms. The van der Waals surface area contributed by atoms with Gasteiger partial charge in [-0.2, -0.15) is 11.8 Å². The number of nitrogen functional groups attached to an aromatic ring is 1. The minimum absolute atomic E-state index is 0.0825. The number of hydrogen-bond donors (Lipinski definition) is 2. The number of carbonyl (C=O) groups is 1. The van der Waals surface area contributed by atoms with E-state index in [9.17, 15) is 4.79 Å². The van der Waals surface area contributed by atoms with E-state index in [1.807, 2.05) is 11.8 Å². The summed E-state index contributed by atoms with van der Waals surface area (Å²) in [6, 6.07) is 0.274. The molecule has 1 aromatic heterocycles. The summed E-state index contributed by atoms with van der Waals surface area (Å²) in [5.41, 5.74) is 5.87. The lowest BCUT2D eigenvalue weighted by molar-refractivity contribution is 0.0946. The number of thiazole rings is 1. The second kappa shape index (κ2) is 6.47. The van der Waals surface area contributed by atoms with Crippen LogP contribution < -0.4 is 16.0 Å². The van der Waals surface area contributed by atoms with Crippen molar-refractivity contribution in [1.82, 2.24) is 10.3 Å². The summed E-state index contributed by atoms with van der Waals surface area (Å²) in [4.78, 5) is 19.1. The van der Waals surface area contributed by atoms with Gasteiger partial charge in [0.25, 0.3) is 5.91 Å². The normalized spacial score (nSPS) is 18.5. The minimum atomic E-state index is -0.0825. The van der Waals surface area contributed by atoms with E-state index in [-0.39, 0.29) is 11.9 Å². The Balaban J connectivity index is 2.08. The Labute approximate surface area is 122 Å². The van der Waals surface area contributed by atoms with Crippen molar-refractivity contribution in [1.29, 1.82) is 0 Å². The number of rotatable bonds is 5. The highest BCUT2D eigenvalue weighted by molar-refractivity contribution is 7.99. The van der Waals surface area contributed by atoms with E-state index in [1.165, 1.54) is 11.3 Å². The lowest BCUT2D eigenvalue weighted by Crippen LogP contribution is -2.34. The first-order valence-corrected chi connectivity index (χ1v) is 8.52. The van der Waals surface area contributed by atoms with Crippen molar-refractivity contribution in [3.63, 3.8) is 0 Å². The Hall–Kier alpha value is -0.950. The molecule has 2 rings (SSSR count). The van der Waals surface area contributed by atoms with Crippen LogP contribution in [0.5, 0.6) is 0 Å². The van der Waals surface area contributed by atoms with E-state index in [0.29, 0.717) is 10.7 Å². The van der Waals surface area contributed by atoms with Crippen LogP contribution in [0.3, 0.4) is 0 Å². The number of thioether (sulfide) groups is 1. The monoisotopic (exact) mass is 300 g/mol. The summed E-state index contributed by atoms with van der Waals surface area (Å²) >= 11 is 3.25. The van der Waals surface area contributed by atoms with Crippen molar-refractivity contribution in [2.75, 3.05) is 35.2 Å². The van der Waals surface area contributed by atoms with Crippen LogP contribution in [0.15, 0.2) is 0 Å². The fourth-order valence-corrected chi connectivity index (χ4v) is 4.18. The molecule has 1 amide bonds. The van der Waals surface area contributed by atoms with Crippen LogP contribution in [0.4, 0.5) is 10.9 Å². The van der Waals surface area contributed by atoms with Gasteiger partial charge >= 0.3 is 0 Å². The third kappa shape index (κ3) is 3.33. The van der Waals surface area contributed by atoms with Gasteiger partial charge < -0.3 is 16.0 Å². The molecule has 0 radical (unpaired) electrons. The molecule has 1 aliphatic heterocycles. The van der Waals surface area contributed by atoms with Crippen LogP contribution in [-0.2, 0) is 0 Å². The topological polar surface area (TPSA) is 71.2 Å². The molecule has 1 saturated heterocycles. The molecule has 0 aromatic carbocycles. The van der Waals surface area contributed by atoms with E-state index >= 15 is 0 Å². The predicted molar refractivity (Wildman–Crippen MR) is 83.3 cm³/mol. The summed E-state index contributed by atoms with van der Waals surface area (Å²) in [6.07, 6.45) is 1.04. The maximum atomic E-state index is 12.2. The third-order valence-corrected chi connectivity index (χ3v) is 5.44. The van der Waals surface area contributed by atoms with Gasteiger partial charge in [-0.3, -0.25) is 4.79 Å². The average Bonchev–Trinajstić information content (AvgIpc) is 3.01. The van der Waals surface area contributed by atoms with Crippen LogP contribution in [0.2, 0.25) is 0 Å². The molecule has 1 atom stereocenters. The zero-order chi connectivity index (χ0) is 13.8. The molecule has 7 heteroatoms. The van der Waals surface area contributed by atoms with E-state index < -0.39 is 0 Å². The highest BCUT2D eigenvalue weighted by Crippen LogP contribution is 2.28. The van der Waals surface area contributed by atoms with Gasteiger partial charge in [-0.05, 0) is 26.0 Å². The van der Waals surface area contributed by atoms with Crippen LogP contribution in [0.25, 0.3) is 0 Å². The molecule has 1 unspecified atom stereocenters. The molecule has 5 nitrogen and oxygen atoms in total. The standard InChI is InChI=1S/C12H20N4OS2/c1-3-16(4-2)12-15-10(13)9(19-12)11(17)14-8-5-6-18-7-8/h8H,3-7,13H2,1-2H3,(H,14,17). The number of amides is 1. The summed E-state index contributed by atoms with van der Waals surface area (Å²) < 4.78 is 0. The Morgan fingerprint density at radius 3 is 2.84 bits per heavy atom. The zero-order valence-corrected chi connectivity index (χ0v) is 12.9. The van der Waals surface area contributed by atoms with Crippen LogP contribution in [0.1, 0.15) is 29.9 Å². The van der Waals surface area contributed by atoms with E-state index in [0.717, 1.165) is 36.1 Å². The maximum absolute atomic E-state index is 12.2. The fourth-order valence-electron chi connectivity index (χ4n) is 2.01. The fraction of sp³-hybridized carbons (Fsp3) is 0.667. The van der Waals surface area contributed by atoms with Crippen molar-refractivity contribution in [3.8, 4) is 0 Å². The molecule has 3 N–H and O–H groups in total. The minimum Gasteiger partial charge on any atom is -0.382 e. The first-order chi connectivity index (χ1) is 9.15. The quantitative estimate of drug-likeness (QED) is 0.868. The van der Waals surface area contributed by atoms with Gasteiger partial charge in [0.05, 0.1) is 0 Å². The van der Waals surface area contributed by atoms with Crippen LogP contribution in [0, 0.1) is 0 Å². The van der Waals surface area contributed by atoms with E-state index in [1.54, 1.807) is 0 Å². The van der Waals surface area contributed by atoms with Crippen molar-refractivity contribution in [3.05, 3.63) is 4.88 Å². The lowest BCUT2D eigenvalue weighted by atomic mass is 10.2. The van der Waals surface area contributed by atoms with Crippen molar-refractivity contribution in [2.45, 2.75) is 26.3 Å². The van der Waals surface area contributed by atoms with Gasteiger partial charge in [0.1, 0.15) is 10.7 Å². The second-order valence-electron chi connectivity index (χ2n) is 4.42. The highest BCUT2D eigenvalue weighted by atomic mass is 32.2. The Kier molecular flexibility index (Phi) is 4.93. The summed E-state index contributed by atoms with van der Waals surface area (Å²) in [5, 5.41) is 3.86. The SMILES string of the molecule is CCN(CC)c1nc(N)c(C(=O)NC2CCSC2)s1. The Bertz CT molecular complexity index is 439. The van der Waals surface area contributed by atoms with Crippen molar-refractivity contribution >= 4 is 40.0 Å². The van der Waals surface area contributed by atoms with Crippen molar-refractivity contribution in [2.24, 2.45) is 0 Å².